The fourth-order valence-electron chi connectivity index (χ4n) is 2.29. The third kappa shape index (κ3) is 3.33. The summed E-state index contributed by atoms with van der Waals surface area (Å²) in [5.41, 5.74) is 1.20. The van der Waals surface area contributed by atoms with Gasteiger partial charge in [0.15, 0.2) is 0 Å². The molecule has 1 amide bonds. The SMILES string of the molecule is CN(C(=O)CCc1ccccc1Br)C1CCNC1. The van der Waals surface area contributed by atoms with Gasteiger partial charge in [0.2, 0.25) is 5.91 Å². The van der Waals surface area contributed by atoms with E-state index in [0.717, 1.165) is 30.4 Å². The van der Waals surface area contributed by atoms with Gasteiger partial charge in [-0.05, 0) is 31.0 Å². The summed E-state index contributed by atoms with van der Waals surface area (Å²) in [5, 5.41) is 3.29. The Morgan fingerprint density at radius 2 is 2.28 bits per heavy atom. The summed E-state index contributed by atoms with van der Waals surface area (Å²) in [5.74, 6) is 0.236. The smallest absolute Gasteiger partial charge is 0.222 e. The molecule has 1 aliphatic rings. The fourth-order valence-corrected chi connectivity index (χ4v) is 2.78. The number of aryl methyl sites for hydroxylation is 1. The molecule has 1 heterocycles. The first-order valence-corrected chi connectivity index (χ1v) is 7.17. The summed E-state index contributed by atoms with van der Waals surface area (Å²) < 4.78 is 1.09. The number of carbonyl (C=O) groups excluding carboxylic acids is 1. The highest BCUT2D eigenvalue weighted by molar-refractivity contribution is 9.10. The van der Waals surface area contributed by atoms with Crippen molar-refractivity contribution >= 4 is 21.8 Å². The van der Waals surface area contributed by atoms with E-state index in [1.807, 2.05) is 30.1 Å². The minimum absolute atomic E-state index is 0.236. The van der Waals surface area contributed by atoms with Gasteiger partial charge in [-0.2, -0.15) is 0 Å². The fraction of sp³-hybridized carbons (Fsp3) is 0.500. The van der Waals surface area contributed by atoms with Crippen LogP contribution in [0.5, 0.6) is 0 Å². The zero-order chi connectivity index (χ0) is 13.0. The average molecular weight is 311 g/mol. The molecule has 0 radical (unpaired) electrons. The van der Waals surface area contributed by atoms with Crippen molar-refractivity contribution in [1.82, 2.24) is 10.2 Å². The van der Waals surface area contributed by atoms with Crippen molar-refractivity contribution in [3.63, 3.8) is 0 Å². The molecular formula is C14H19BrN2O. The van der Waals surface area contributed by atoms with Crippen LogP contribution in [0.2, 0.25) is 0 Å². The third-order valence-corrected chi connectivity index (χ3v) is 4.32. The van der Waals surface area contributed by atoms with E-state index in [9.17, 15) is 4.79 Å². The summed E-state index contributed by atoms with van der Waals surface area (Å²) in [7, 11) is 1.92. The molecule has 18 heavy (non-hydrogen) atoms. The molecule has 1 N–H and O–H groups in total. The van der Waals surface area contributed by atoms with Crippen LogP contribution >= 0.6 is 15.9 Å². The minimum atomic E-state index is 0.236. The van der Waals surface area contributed by atoms with Gasteiger partial charge < -0.3 is 10.2 Å². The number of amides is 1. The first kappa shape index (κ1) is 13.6. The standard InChI is InChI=1S/C14H19BrN2O/c1-17(12-8-9-16-10-12)14(18)7-6-11-4-2-3-5-13(11)15/h2-5,12,16H,6-10H2,1H3. The molecule has 0 saturated carbocycles. The van der Waals surface area contributed by atoms with Gasteiger partial charge in [0.1, 0.15) is 0 Å². The van der Waals surface area contributed by atoms with Gasteiger partial charge >= 0.3 is 0 Å². The Balaban J connectivity index is 1.86. The van der Waals surface area contributed by atoms with Crippen molar-refractivity contribution in [2.45, 2.75) is 25.3 Å². The summed E-state index contributed by atoms with van der Waals surface area (Å²) in [6.07, 6.45) is 2.44. The number of benzene rings is 1. The van der Waals surface area contributed by atoms with Crippen molar-refractivity contribution in [2.24, 2.45) is 0 Å². The Kier molecular flexibility index (Phi) is 4.78. The van der Waals surface area contributed by atoms with Gasteiger partial charge in [-0.15, -0.1) is 0 Å². The molecule has 1 aromatic rings. The predicted octanol–water partition coefficient (Wildman–Crippen LogP) is 2.20. The Labute approximate surface area is 117 Å². The maximum absolute atomic E-state index is 12.1. The molecule has 1 saturated heterocycles. The number of halogens is 1. The monoisotopic (exact) mass is 310 g/mol. The Hall–Kier alpha value is -0.870. The second-order valence-corrected chi connectivity index (χ2v) is 5.60. The number of nitrogens with one attached hydrogen (secondary N) is 1. The number of hydrogen-bond donors (Lipinski definition) is 1. The largest absolute Gasteiger partial charge is 0.341 e. The topological polar surface area (TPSA) is 32.3 Å². The van der Waals surface area contributed by atoms with Crippen LogP contribution in [0, 0.1) is 0 Å². The summed E-state index contributed by atoms with van der Waals surface area (Å²) in [4.78, 5) is 14.0. The maximum Gasteiger partial charge on any atom is 0.222 e. The van der Waals surface area contributed by atoms with E-state index in [1.54, 1.807) is 0 Å². The Morgan fingerprint density at radius 1 is 1.50 bits per heavy atom. The van der Waals surface area contributed by atoms with E-state index in [1.165, 1.54) is 5.56 Å². The minimum Gasteiger partial charge on any atom is -0.341 e. The van der Waals surface area contributed by atoms with E-state index in [2.05, 4.69) is 27.3 Å². The quantitative estimate of drug-likeness (QED) is 0.924. The van der Waals surface area contributed by atoms with Crippen LogP contribution in [0.4, 0.5) is 0 Å². The highest BCUT2D eigenvalue weighted by Crippen LogP contribution is 2.18. The van der Waals surface area contributed by atoms with Gasteiger partial charge in [-0.25, -0.2) is 0 Å². The van der Waals surface area contributed by atoms with E-state index < -0.39 is 0 Å². The van der Waals surface area contributed by atoms with Crippen molar-refractivity contribution in [1.29, 1.82) is 0 Å². The molecule has 98 valence electrons. The van der Waals surface area contributed by atoms with Crippen molar-refractivity contribution in [2.75, 3.05) is 20.1 Å². The highest BCUT2D eigenvalue weighted by atomic mass is 79.9. The van der Waals surface area contributed by atoms with E-state index >= 15 is 0 Å². The molecule has 2 rings (SSSR count). The lowest BCUT2D eigenvalue weighted by Crippen LogP contribution is -2.38. The van der Waals surface area contributed by atoms with Crippen LogP contribution < -0.4 is 5.32 Å². The molecule has 4 heteroatoms. The van der Waals surface area contributed by atoms with Gasteiger partial charge in [-0.1, -0.05) is 34.1 Å². The Morgan fingerprint density at radius 3 is 2.94 bits per heavy atom. The number of carbonyl (C=O) groups is 1. The van der Waals surface area contributed by atoms with Crippen LogP contribution in [-0.4, -0.2) is 37.0 Å². The summed E-state index contributed by atoms with van der Waals surface area (Å²) in [6.45, 7) is 1.95. The predicted molar refractivity (Wildman–Crippen MR) is 76.5 cm³/mol. The van der Waals surface area contributed by atoms with Crippen molar-refractivity contribution < 1.29 is 4.79 Å². The maximum atomic E-state index is 12.1. The van der Waals surface area contributed by atoms with E-state index in [4.69, 9.17) is 0 Å². The zero-order valence-corrected chi connectivity index (χ0v) is 12.2. The first-order valence-electron chi connectivity index (χ1n) is 6.38. The molecule has 1 aromatic carbocycles. The molecule has 0 aliphatic carbocycles. The van der Waals surface area contributed by atoms with E-state index in [0.29, 0.717) is 12.5 Å². The number of nitrogens with zero attached hydrogens (tertiary/aromatic N) is 1. The summed E-state index contributed by atoms with van der Waals surface area (Å²) in [6, 6.07) is 8.46. The second kappa shape index (κ2) is 6.34. The lowest BCUT2D eigenvalue weighted by molar-refractivity contribution is -0.131. The van der Waals surface area contributed by atoms with Crippen LogP contribution in [-0.2, 0) is 11.2 Å². The molecule has 3 nitrogen and oxygen atoms in total. The third-order valence-electron chi connectivity index (χ3n) is 3.54. The van der Waals surface area contributed by atoms with E-state index in [-0.39, 0.29) is 5.91 Å². The molecule has 0 aromatic heterocycles. The normalized spacial score (nSPS) is 18.9. The molecule has 1 unspecified atom stereocenters. The average Bonchev–Trinajstić information content (AvgIpc) is 2.90. The van der Waals surface area contributed by atoms with Gasteiger partial charge in [0.25, 0.3) is 0 Å². The molecule has 0 bridgehead atoms. The van der Waals surface area contributed by atoms with Crippen LogP contribution in [0.25, 0.3) is 0 Å². The first-order chi connectivity index (χ1) is 8.68. The zero-order valence-electron chi connectivity index (χ0n) is 10.7. The molecule has 1 fully saturated rings. The lowest BCUT2D eigenvalue weighted by Gasteiger charge is -2.23. The number of rotatable bonds is 4. The second-order valence-electron chi connectivity index (χ2n) is 4.74. The summed E-state index contributed by atoms with van der Waals surface area (Å²) >= 11 is 3.51. The Bertz CT molecular complexity index is 416. The van der Waals surface area contributed by atoms with Crippen molar-refractivity contribution in [3.8, 4) is 0 Å². The molecule has 1 aliphatic heterocycles. The molecule has 0 spiro atoms. The van der Waals surface area contributed by atoms with Crippen LogP contribution in [0.1, 0.15) is 18.4 Å². The van der Waals surface area contributed by atoms with Gasteiger partial charge in [0.05, 0.1) is 0 Å². The number of likely N-dealkylation sites (N-methyl/N-ethyl adjacent to an activating group) is 1. The molecule has 1 atom stereocenters. The number of hydrogen-bond acceptors (Lipinski definition) is 2. The lowest BCUT2D eigenvalue weighted by atomic mass is 10.1. The van der Waals surface area contributed by atoms with Crippen LogP contribution in [0.15, 0.2) is 28.7 Å². The van der Waals surface area contributed by atoms with Gasteiger partial charge in [0, 0.05) is 30.5 Å². The van der Waals surface area contributed by atoms with Crippen molar-refractivity contribution in [3.05, 3.63) is 34.3 Å². The highest BCUT2D eigenvalue weighted by Gasteiger charge is 2.22. The molecular weight excluding hydrogens is 292 g/mol. The van der Waals surface area contributed by atoms with Gasteiger partial charge in [-0.3, -0.25) is 4.79 Å². The van der Waals surface area contributed by atoms with Crippen LogP contribution in [0.3, 0.4) is 0 Å².